The molecule has 3 rings (SSSR count). The molecule has 1 aliphatic rings. The molecule has 1 fully saturated rings. The summed E-state index contributed by atoms with van der Waals surface area (Å²) in [6, 6.07) is 8.92. The molecule has 1 aromatic heterocycles. The van der Waals surface area contributed by atoms with E-state index in [4.69, 9.17) is 0 Å². The van der Waals surface area contributed by atoms with Gasteiger partial charge >= 0.3 is 0 Å². The molecule has 1 aliphatic carbocycles. The summed E-state index contributed by atoms with van der Waals surface area (Å²) in [5, 5.41) is 10.6. The van der Waals surface area contributed by atoms with Gasteiger partial charge in [-0.25, -0.2) is 0 Å². The average Bonchev–Trinajstić information content (AvgIpc) is 2.44. The molecule has 0 unspecified atom stereocenters. The van der Waals surface area contributed by atoms with Crippen LogP contribution in [0.1, 0.15) is 23.3 Å². The lowest BCUT2D eigenvalue weighted by molar-refractivity contribution is 0.0264. The number of hydrogen-bond acceptors (Lipinski definition) is 3. The number of benzene rings is 1. The van der Waals surface area contributed by atoms with E-state index < -0.39 is 0 Å². The maximum absolute atomic E-state index is 12.4. The van der Waals surface area contributed by atoms with Crippen LogP contribution in [0, 0.1) is 5.92 Å². The minimum absolute atomic E-state index is 0.195. The minimum Gasteiger partial charge on any atom is -0.393 e. The Hall–Kier alpha value is -2.14. The fraction of sp³-hybridized carbons (Fsp3) is 0.375. The summed E-state index contributed by atoms with van der Waals surface area (Å²) < 4.78 is 0. The largest absolute Gasteiger partial charge is 0.393 e. The number of H-pyrrole nitrogens is 1. The summed E-state index contributed by atoms with van der Waals surface area (Å²) >= 11 is 0. The Kier molecular flexibility index (Phi) is 3.51. The topological polar surface area (TPSA) is 73.4 Å². The monoisotopic (exact) mass is 286 g/mol. The van der Waals surface area contributed by atoms with Crippen molar-refractivity contribution in [3.63, 3.8) is 0 Å². The van der Waals surface area contributed by atoms with Crippen LogP contribution in [0.5, 0.6) is 0 Å². The molecule has 0 spiro atoms. The van der Waals surface area contributed by atoms with Gasteiger partial charge in [-0.3, -0.25) is 9.59 Å². The molecule has 0 aliphatic heterocycles. The van der Waals surface area contributed by atoms with Crippen molar-refractivity contribution in [3.8, 4) is 0 Å². The van der Waals surface area contributed by atoms with Crippen LogP contribution < -0.4 is 5.56 Å². The summed E-state index contributed by atoms with van der Waals surface area (Å²) in [7, 11) is 1.72. The second-order valence-electron chi connectivity index (χ2n) is 5.78. The van der Waals surface area contributed by atoms with E-state index in [0.29, 0.717) is 23.5 Å². The number of fused-ring (bicyclic) bond motifs is 1. The minimum atomic E-state index is -0.246. The number of carbonyl (C=O) groups is 1. The van der Waals surface area contributed by atoms with Crippen molar-refractivity contribution >= 4 is 16.7 Å². The Balaban J connectivity index is 1.82. The zero-order valence-corrected chi connectivity index (χ0v) is 11.9. The summed E-state index contributed by atoms with van der Waals surface area (Å²) in [6.45, 7) is 0.602. The van der Waals surface area contributed by atoms with Crippen LogP contribution in [0.4, 0.5) is 0 Å². The van der Waals surface area contributed by atoms with Crippen molar-refractivity contribution in [1.29, 1.82) is 0 Å². The van der Waals surface area contributed by atoms with E-state index in [1.807, 2.05) is 12.1 Å². The average molecular weight is 286 g/mol. The van der Waals surface area contributed by atoms with Gasteiger partial charge in [-0.2, -0.15) is 0 Å². The molecule has 0 atom stereocenters. The second kappa shape index (κ2) is 5.33. The van der Waals surface area contributed by atoms with Gasteiger partial charge < -0.3 is 15.0 Å². The Morgan fingerprint density at radius 3 is 2.81 bits per heavy atom. The van der Waals surface area contributed by atoms with Crippen LogP contribution in [0.25, 0.3) is 10.8 Å². The second-order valence-corrected chi connectivity index (χ2v) is 5.78. The summed E-state index contributed by atoms with van der Waals surface area (Å²) in [5.41, 5.74) is 0.0602. The molecule has 1 saturated carbocycles. The summed E-state index contributed by atoms with van der Waals surface area (Å²) in [4.78, 5) is 28.7. The molecule has 5 nitrogen and oxygen atoms in total. The van der Waals surface area contributed by atoms with Gasteiger partial charge in [-0.15, -0.1) is 0 Å². The highest BCUT2D eigenvalue weighted by molar-refractivity contribution is 5.96. The van der Waals surface area contributed by atoms with Crippen LogP contribution in [0.3, 0.4) is 0 Å². The normalized spacial score (nSPS) is 21.0. The third-order valence-corrected chi connectivity index (χ3v) is 4.07. The predicted molar refractivity (Wildman–Crippen MR) is 80.3 cm³/mol. The first-order chi connectivity index (χ1) is 10.0. The molecule has 1 amide bonds. The molecule has 5 heteroatoms. The van der Waals surface area contributed by atoms with Crippen LogP contribution in [-0.4, -0.2) is 40.6 Å². The first-order valence-electron chi connectivity index (χ1n) is 7.10. The van der Waals surface area contributed by atoms with Crippen molar-refractivity contribution in [2.24, 2.45) is 5.92 Å². The van der Waals surface area contributed by atoms with Gasteiger partial charge in [0.05, 0.1) is 6.10 Å². The first-order valence-corrected chi connectivity index (χ1v) is 7.10. The highest BCUT2D eigenvalue weighted by Crippen LogP contribution is 2.27. The number of carbonyl (C=O) groups excluding carboxylic acids is 1. The van der Waals surface area contributed by atoms with Gasteiger partial charge in [0.2, 0.25) is 0 Å². The first kappa shape index (κ1) is 13.8. The van der Waals surface area contributed by atoms with Gasteiger partial charge in [0.15, 0.2) is 0 Å². The van der Waals surface area contributed by atoms with Crippen molar-refractivity contribution in [2.75, 3.05) is 13.6 Å². The van der Waals surface area contributed by atoms with Crippen LogP contribution in [-0.2, 0) is 0 Å². The van der Waals surface area contributed by atoms with E-state index in [9.17, 15) is 14.7 Å². The van der Waals surface area contributed by atoms with E-state index in [-0.39, 0.29) is 17.6 Å². The number of amides is 1. The van der Waals surface area contributed by atoms with Crippen LogP contribution >= 0.6 is 0 Å². The summed E-state index contributed by atoms with van der Waals surface area (Å²) in [6.07, 6.45) is 1.26. The lowest BCUT2D eigenvalue weighted by atomic mass is 9.82. The number of aliphatic hydroxyl groups excluding tert-OH is 1. The van der Waals surface area contributed by atoms with E-state index in [1.54, 1.807) is 30.1 Å². The van der Waals surface area contributed by atoms with Crippen molar-refractivity contribution in [2.45, 2.75) is 18.9 Å². The predicted octanol–water partition coefficient (Wildman–Crippen LogP) is 1.37. The number of nitrogens with one attached hydrogen (secondary N) is 1. The van der Waals surface area contributed by atoms with E-state index in [1.165, 1.54) is 0 Å². The Labute approximate surface area is 122 Å². The number of aliphatic hydroxyl groups is 1. The van der Waals surface area contributed by atoms with Gasteiger partial charge in [-0.05, 0) is 36.3 Å². The van der Waals surface area contributed by atoms with Gasteiger partial charge in [0, 0.05) is 19.0 Å². The Bertz CT molecular complexity index is 732. The van der Waals surface area contributed by atoms with Gasteiger partial charge in [0.1, 0.15) is 5.69 Å². The molecule has 2 aromatic rings. The quantitative estimate of drug-likeness (QED) is 0.895. The summed E-state index contributed by atoms with van der Waals surface area (Å²) in [5.74, 6) is 0.153. The number of aromatic nitrogens is 1. The third-order valence-electron chi connectivity index (χ3n) is 4.07. The third kappa shape index (κ3) is 2.69. The van der Waals surface area contributed by atoms with Crippen LogP contribution in [0.15, 0.2) is 35.1 Å². The number of pyridine rings is 1. The van der Waals surface area contributed by atoms with Gasteiger partial charge in [0.25, 0.3) is 11.5 Å². The number of rotatable bonds is 3. The molecule has 0 bridgehead atoms. The van der Waals surface area contributed by atoms with E-state index >= 15 is 0 Å². The number of aromatic amines is 1. The molecule has 1 heterocycles. The smallest absolute Gasteiger partial charge is 0.270 e. The molecule has 2 N–H and O–H groups in total. The standard InChI is InChI=1S/C16H18N2O3/c1-18(9-10-6-12(19)7-10)16(21)14-8-11-4-2-3-5-13(11)15(20)17-14/h2-5,8,10,12,19H,6-7,9H2,1H3,(H,17,20). The van der Waals surface area contributed by atoms with Crippen molar-refractivity contribution in [1.82, 2.24) is 9.88 Å². The molecule has 21 heavy (non-hydrogen) atoms. The maximum Gasteiger partial charge on any atom is 0.270 e. The fourth-order valence-corrected chi connectivity index (χ4v) is 2.85. The highest BCUT2D eigenvalue weighted by Gasteiger charge is 2.29. The SMILES string of the molecule is CN(CC1CC(O)C1)C(=O)c1cc2ccccc2c(=O)[nH]1. The molecular formula is C16H18N2O3. The highest BCUT2D eigenvalue weighted by atomic mass is 16.3. The molecule has 110 valence electrons. The van der Waals surface area contributed by atoms with Crippen LogP contribution in [0.2, 0.25) is 0 Å². The molecule has 1 aromatic carbocycles. The van der Waals surface area contributed by atoms with Gasteiger partial charge in [-0.1, -0.05) is 18.2 Å². The maximum atomic E-state index is 12.4. The molecule has 0 saturated heterocycles. The number of nitrogens with zero attached hydrogens (tertiary/aromatic N) is 1. The van der Waals surface area contributed by atoms with Crippen molar-refractivity contribution in [3.05, 3.63) is 46.4 Å². The fourth-order valence-electron chi connectivity index (χ4n) is 2.85. The van der Waals surface area contributed by atoms with Crippen molar-refractivity contribution < 1.29 is 9.90 Å². The molecule has 0 radical (unpaired) electrons. The lowest BCUT2D eigenvalue weighted by Crippen LogP contribution is -2.40. The Morgan fingerprint density at radius 2 is 2.10 bits per heavy atom. The zero-order chi connectivity index (χ0) is 15.0. The van der Waals surface area contributed by atoms with E-state index in [0.717, 1.165) is 18.2 Å². The number of hydrogen-bond donors (Lipinski definition) is 2. The molecular weight excluding hydrogens is 268 g/mol. The van der Waals surface area contributed by atoms with E-state index in [2.05, 4.69) is 4.98 Å². The zero-order valence-electron chi connectivity index (χ0n) is 11.9. The lowest BCUT2D eigenvalue weighted by Gasteiger charge is -2.34. The Morgan fingerprint density at radius 1 is 1.38 bits per heavy atom.